The van der Waals surface area contributed by atoms with Crippen LogP contribution in [0.2, 0.25) is 0 Å². The van der Waals surface area contributed by atoms with Crippen molar-refractivity contribution >= 4 is 11.7 Å². The smallest absolute Gasteiger partial charge is 0.328 e. The number of nitro groups is 1. The van der Waals surface area contributed by atoms with Gasteiger partial charge in [-0.05, 0) is 18.2 Å². The molecule has 96 valence electrons. The molecule has 2 rings (SSSR count). The highest BCUT2D eigenvalue weighted by Gasteiger charge is 2.11. The van der Waals surface area contributed by atoms with Crippen LogP contribution in [0.4, 0.5) is 5.69 Å². The Labute approximate surface area is 106 Å². The van der Waals surface area contributed by atoms with Gasteiger partial charge in [-0.3, -0.25) is 14.9 Å². The van der Waals surface area contributed by atoms with Crippen LogP contribution in [0.1, 0.15) is 10.4 Å². The van der Waals surface area contributed by atoms with Gasteiger partial charge < -0.3 is 4.84 Å². The summed E-state index contributed by atoms with van der Waals surface area (Å²) in [5.74, 6) is -0.775. The zero-order chi connectivity index (χ0) is 13.8. The summed E-state index contributed by atoms with van der Waals surface area (Å²) in [6.45, 7) is 0. The summed E-state index contributed by atoms with van der Waals surface area (Å²) < 4.78 is 0.781. The second-order valence-corrected chi connectivity index (χ2v) is 3.55. The molecule has 0 spiro atoms. The first kappa shape index (κ1) is 12.5. The second-order valence-electron chi connectivity index (χ2n) is 3.55. The predicted octanol–water partition coefficient (Wildman–Crippen LogP) is 1.03. The van der Waals surface area contributed by atoms with Crippen molar-refractivity contribution in [2.24, 2.45) is 0 Å². The van der Waals surface area contributed by atoms with Crippen molar-refractivity contribution in [3.63, 3.8) is 0 Å². The minimum absolute atomic E-state index is 0.112. The summed E-state index contributed by atoms with van der Waals surface area (Å²) in [6.07, 6.45) is 1.30. The first-order valence-electron chi connectivity index (χ1n) is 5.23. The molecule has 0 aliphatic rings. The maximum Gasteiger partial charge on any atom is 0.363 e. The Bertz CT molecular complexity index is 675. The van der Waals surface area contributed by atoms with Gasteiger partial charge >= 0.3 is 5.97 Å². The van der Waals surface area contributed by atoms with Crippen molar-refractivity contribution in [1.82, 2.24) is 4.73 Å². The molecule has 1 heterocycles. The third-order valence-electron chi connectivity index (χ3n) is 2.28. The fourth-order valence-corrected chi connectivity index (χ4v) is 1.35. The van der Waals surface area contributed by atoms with Crippen LogP contribution in [0.3, 0.4) is 0 Å². The number of carbonyl (C=O) groups excluding carboxylic acids is 1. The number of nitro benzene ring substituents is 1. The number of hydrogen-bond acceptors (Lipinski definition) is 5. The molecular weight excluding hydrogens is 252 g/mol. The average molecular weight is 260 g/mol. The fourth-order valence-electron chi connectivity index (χ4n) is 1.35. The average Bonchev–Trinajstić information content (AvgIpc) is 2.41. The Balaban J connectivity index is 2.19. The van der Waals surface area contributed by atoms with Crippen LogP contribution in [0.5, 0.6) is 0 Å². The normalized spacial score (nSPS) is 9.89. The number of aromatic nitrogens is 1. The van der Waals surface area contributed by atoms with Gasteiger partial charge in [-0.15, -0.1) is 4.73 Å². The molecule has 0 saturated carbocycles. The SMILES string of the molecule is O=C(On1ccccc1=O)c1ccc([N+](=O)[O-])cc1. The van der Waals surface area contributed by atoms with Gasteiger partial charge in [0.05, 0.1) is 10.5 Å². The topological polar surface area (TPSA) is 91.4 Å². The van der Waals surface area contributed by atoms with E-state index in [1.807, 2.05) is 0 Å². The summed E-state index contributed by atoms with van der Waals surface area (Å²) in [5, 5.41) is 10.5. The fraction of sp³-hybridized carbons (Fsp3) is 0. The van der Waals surface area contributed by atoms with Crippen molar-refractivity contribution in [3.8, 4) is 0 Å². The van der Waals surface area contributed by atoms with Crippen LogP contribution in [0, 0.1) is 10.1 Å². The van der Waals surface area contributed by atoms with Crippen molar-refractivity contribution in [2.75, 3.05) is 0 Å². The second kappa shape index (κ2) is 5.13. The van der Waals surface area contributed by atoms with E-state index >= 15 is 0 Å². The van der Waals surface area contributed by atoms with Gasteiger partial charge in [-0.1, -0.05) is 6.07 Å². The Morgan fingerprint density at radius 1 is 1.16 bits per heavy atom. The van der Waals surface area contributed by atoms with Crippen LogP contribution in [-0.4, -0.2) is 15.6 Å². The third-order valence-corrected chi connectivity index (χ3v) is 2.28. The molecule has 7 nitrogen and oxygen atoms in total. The summed E-state index contributed by atoms with van der Waals surface area (Å²) in [6, 6.07) is 9.17. The molecule has 0 amide bonds. The summed E-state index contributed by atoms with van der Waals surface area (Å²) >= 11 is 0. The number of carbonyl (C=O) groups is 1. The van der Waals surface area contributed by atoms with Crippen LogP contribution < -0.4 is 10.4 Å². The number of hydrogen-bond donors (Lipinski definition) is 0. The van der Waals surface area contributed by atoms with E-state index in [1.54, 1.807) is 0 Å². The third kappa shape index (κ3) is 2.83. The minimum atomic E-state index is -0.775. The van der Waals surface area contributed by atoms with E-state index in [-0.39, 0.29) is 11.3 Å². The molecule has 2 aromatic rings. The highest BCUT2D eigenvalue weighted by Crippen LogP contribution is 2.11. The lowest BCUT2D eigenvalue weighted by molar-refractivity contribution is -0.384. The summed E-state index contributed by atoms with van der Waals surface area (Å²) in [4.78, 5) is 37.7. The van der Waals surface area contributed by atoms with Gasteiger partial charge in [0, 0.05) is 24.4 Å². The lowest BCUT2D eigenvalue weighted by Crippen LogP contribution is -2.29. The molecule has 0 radical (unpaired) electrons. The zero-order valence-electron chi connectivity index (χ0n) is 9.55. The van der Waals surface area contributed by atoms with Crippen LogP contribution in [0.15, 0.2) is 53.5 Å². The van der Waals surface area contributed by atoms with Crippen LogP contribution in [0.25, 0.3) is 0 Å². The van der Waals surface area contributed by atoms with Crippen molar-refractivity contribution < 1.29 is 14.6 Å². The predicted molar refractivity (Wildman–Crippen MR) is 64.7 cm³/mol. The maximum absolute atomic E-state index is 11.7. The van der Waals surface area contributed by atoms with Crippen molar-refractivity contribution in [2.45, 2.75) is 0 Å². The first-order valence-corrected chi connectivity index (χ1v) is 5.23. The molecule has 19 heavy (non-hydrogen) atoms. The van der Waals surface area contributed by atoms with E-state index < -0.39 is 16.5 Å². The molecule has 0 atom stereocenters. The number of pyridine rings is 1. The molecule has 7 heteroatoms. The van der Waals surface area contributed by atoms with Gasteiger partial charge in [0.15, 0.2) is 0 Å². The molecule has 1 aromatic heterocycles. The highest BCUT2D eigenvalue weighted by atomic mass is 16.7. The zero-order valence-corrected chi connectivity index (χ0v) is 9.55. The summed E-state index contributed by atoms with van der Waals surface area (Å²) in [5.41, 5.74) is -0.507. The first-order chi connectivity index (χ1) is 9.08. The monoisotopic (exact) mass is 260 g/mol. The number of benzene rings is 1. The molecule has 1 aromatic carbocycles. The number of rotatable bonds is 3. The summed E-state index contributed by atoms with van der Waals surface area (Å²) in [7, 11) is 0. The van der Waals surface area contributed by atoms with Crippen LogP contribution >= 0.6 is 0 Å². The van der Waals surface area contributed by atoms with Crippen molar-refractivity contribution in [3.05, 3.63) is 74.7 Å². The molecule has 0 saturated heterocycles. The Morgan fingerprint density at radius 2 is 1.84 bits per heavy atom. The number of nitrogens with zero attached hydrogens (tertiary/aromatic N) is 2. The lowest BCUT2D eigenvalue weighted by atomic mass is 10.2. The molecule has 0 N–H and O–H groups in total. The van der Waals surface area contributed by atoms with E-state index in [0.29, 0.717) is 0 Å². The molecule has 0 aliphatic carbocycles. The van der Waals surface area contributed by atoms with E-state index in [0.717, 1.165) is 4.73 Å². The van der Waals surface area contributed by atoms with E-state index in [1.165, 1.54) is 48.7 Å². The Hall–Kier alpha value is -2.96. The Morgan fingerprint density at radius 3 is 2.42 bits per heavy atom. The van der Waals surface area contributed by atoms with Gasteiger partial charge in [-0.25, -0.2) is 4.79 Å². The Kier molecular flexibility index (Phi) is 3.37. The van der Waals surface area contributed by atoms with Gasteiger partial charge in [0.25, 0.3) is 11.2 Å². The maximum atomic E-state index is 11.7. The van der Waals surface area contributed by atoms with Gasteiger partial charge in [0.2, 0.25) is 0 Å². The standard InChI is InChI=1S/C12H8N2O5/c15-11-3-1-2-8-13(11)19-12(16)9-4-6-10(7-5-9)14(17)18/h1-8H. The highest BCUT2D eigenvalue weighted by molar-refractivity contribution is 5.89. The van der Waals surface area contributed by atoms with E-state index in [4.69, 9.17) is 4.84 Å². The van der Waals surface area contributed by atoms with Gasteiger partial charge in [-0.2, -0.15) is 0 Å². The molecule has 0 aliphatic heterocycles. The van der Waals surface area contributed by atoms with Crippen molar-refractivity contribution in [1.29, 1.82) is 0 Å². The largest absolute Gasteiger partial charge is 0.363 e. The molecular formula is C12H8N2O5. The molecule has 0 fully saturated rings. The van der Waals surface area contributed by atoms with Crippen LogP contribution in [-0.2, 0) is 0 Å². The molecule has 0 unspecified atom stereocenters. The van der Waals surface area contributed by atoms with E-state index in [2.05, 4.69) is 0 Å². The lowest BCUT2D eigenvalue weighted by Gasteiger charge is -2.05. The minimum Gasteiger partial charge on any atom is -0.328 e. The number of non-ortho nitro benzene ring substituents is 1. The quantitative estimate of drug-likeness (QED) is 0.607. The van der Waals surface area contributed by atoms with E-state index in [9.17, 15) is 19.7 Å². The molecule has 0 bridgehead atoms. The van der Waals surface area contributed by atoms with Gasteiger partial charge in [0.1, 0.15) is 0 Å².